The highest BCUT2D eigenvalue weighted by molar-refractivity contribution is 14.0. The largest absolute Gasteiger partial charge is 0.497 e. The quantitative estimate of drug-likeness (QED) is 0.331. The molecule has 2 aromatic rings. The number of halogens is 1. The number of aliphatic imine (C=N–C) groups is 1. The number of nitrogens with zero attached hydrogens (tertiary/aromatic N) is 1. The average molecular weight is 469 g/mol. The predicted molar refractivity (Wildman–Crippen MR) is 117 cm³/mol. The normalized spacial score (nSPS) is 12.1. The highest BCUT2D eigenvalue weighted by Crippen LogP contribution is 2.16. The molecule has 0 fully saturated rings. The summed E-state index contributed by atoms with van der Waals surface area (Å²) in [6.07, 6.45) is -0.617. The van der Waals surface area contributed by atoms with Crippen LogP contribution in [0.25, 0.3) is 0 Å². The predicted octanol–water partition coefficient (Wildman–Crippen LogP) is 3.41. The summed E-state index contributed by atoms with van der Waals surface area (Å²) in [5.41, 5.74) is 3.22. The SMILES string of the molecule is CCNC(=NCc1cccc(C)c1)NCC(O)c1ccc(OC)cc1.I. The number of rotatable bonds is 7. The zero-order valence-corrected chi connectivity index (χ0v) is 17.9. The van der Waals surface area contributed by atoms with Crippen LogP contribution in [-0.4, -0.2) is 31.3 Å². The molecule has 0 aliphatic heterocycles. The maximum Gasteiger partial charge on any atom is 0.191 e. The molecule has 2 aromatic carbocycles. The van der Waals surface area contributed by atoms with E-state index in [4.69, 9.17) is 4.74 Å². The maximum absolute atomic E-state index is 10.3. The second kappa shape index (κ2) is 11.7. The first kappa shape index (κ1) is 22.2. The van der Waals surface area contributed by atoms with Gasteiger partial charge in [-0.3, -0.25) is 0 Å². The number of aryl methyl sites for hydroxylation is 1. The van der Waals surface area contributed by atoms with Crippen molar-refractivity contribution in [1.29, 1.82) is 0 Å². The lowest BCUT2D eigenvalue weighted by atomic mass is 10.1. The summed E-state index contributed by atoms with van der Waals surface area (Å²) < 4.78 is 5.14. The lowest BCUT2D eigenvalue weighted by molar-refractivity contribution is 0.180. The van der Waals surface area contributed by atoms with Gasteiger partial charge in [0.15, 0.2) is 5.96 Å². The van der Waals surface area contributed by atoms with E-state index in [0.29, 0.717) is 19.0 Å². The molecule has 0 bridgehead atoms. The molecule has 1 atom stereocenters. The van der Waals surface area contributed by atoms with Crippen LogP contribution in [0.5, 0.6) is 5.75 Å². The summed E-state index contributed by atoms with van der Waals surface area (Å²) in [6, 6.07) is 15.7. The number of hydrogen-bond donors (Lipinski definition) is 3. The molecule has 0 saturated carbocycles. The van der Waals surface area contributed by atoms with Gasteiger partial charge in [-0.2, -0.15) is 0 Å². The highest BCUT2D eigenvalue weighted by atomic mass is 127. The number of benzene rings is 2. The molecule has 2 rings (SSSR count). The van der Waals surface area contributed by atoms with Gasteiger partial charge in [0.25, 0.3) is 0 Å². The minimum absolute atomic E-state index is 0. The molecule has 0 amide bonds. The second-order valence-electron chi connectivity index (χ2n) is 5.85. The number of ether oxygens (including phenoxy) is 1. The van der Waals surface area contributed by atoms with Crippen molar-refractivity contribution in [2.24, 2.45) is 4.99 Å². The lowest BCUT2D eigenvalue weighted by Crippen LogP contribution is -2.39. The third-order valence-corrected chi connectivity index (χ3v) is 3.81. The van der Waals surface area contributed by atoms with E-state index in [1.54, 1.807) is 7.11 Å². The van der Waals surface area contributed by atoms with Gasteiger partial charge in [0, 0.05) is 13.1 Å². The maximum atomic E-state index is 10.3. The van der Waals surface area contributed by atoms with E-state index < -0.39 is 6.10 Å². The standard InChI is InChI=1S/C20H27N3O2.HI/c1-4-21-20(22-13-16-7-5-6-15(2)12-16)23-14-19(24)17-8-10-18(25-3)11-9-17;/h5-12,19,24H,4,13-14H2,1-3H3,(H2,21,22,23);1H. The van der Waals surface area contributed by atoms with Crippen LogP contribution < -0.4 is 15.4 Å². The van der Waals surface area contributed by atoms with Crippen molar-refractivity contribution in [2.75, 3.05) is 20.2 Å². The Morgan fingerprint density at radius 2 is 1.88 bits per heavy atom. The Morgan fingerprint density at radius 1 is 1.15 bits per heavy atom. The van der Waals surface area contributed by atoms with Crippen molar-refractivity contribution in [1.82, 2.24) is 10.6 Å². The molecule has 5 nitrogen and oxygen atoms in total. The van der Waals surface area contributed by atoms with Crippen LogP contribution in [-0.2, 0) is 6.54 Å². The molecule has 26 heavy (non-hydrogen) atoms. The molecule has 1 unspecified atom stereocenters. The fourth-order valence-electron chi connectivity index (χ4n) is 2.46. The Labute approximate surface area is 172 Å². The molecule has 6 heteroatoms. The van der Waals surface area contributed by atoms with Crippen molar-refractivity contribution < 1.29 is 9.84 Å². The number of guanidine groups is 1. The third kappa shape index (κ3) is 7.21. The fraction of sp³-hybridized carbons (Fsp3) is 0.350. The summed E-state index contributed by atoms with van der Waals surface area (Å²) in [5.74, 6) is 1.47. The van der Waals surface area contributed by atoms with E-state index in [0.717, 1.165) is 23.4 Å². The Morgan fingerprint density at radius 3 is 2.50 bits per heavy atom. The zero-order chi connectivity index (χ0) is 18.1. The molecule has 0 aromatic heterocycles. The molecule has 0 aliphatic rings. The molecule has 0 spiro atoms. The van der Waals surface area contributed by atoms with Gasteiger partial charge in [-0.1, -0.05) is 42.0 Å². The van der Waals surface area contributed by atoms with E-state index >= 15 is 0 Å². The van der Waals surface area contributed by atoms with E-state index in [9.17, 15) is 5.11 Å². The molecule has 0 saturated heterocycles. The van der Waals surface area contributed by atoms with Crippen LogP contribution >= 0.6 is 24.0 Å². The fourth-order valence-corrected chi connectivity index (χ4v) is 2.46. The van der Waals surface area contributed by atoms with E-state index in [1.165, 1.54) is 5.56 Å². The molecule has 3 N–H and O–H groups in total. The first-order valence-electron chi connectivity index (χ1n) is 8.52. The number of hydrogen-bond acceptors (Lipinski definition) is 3. The number of nitrogens with one attached hydrogen (secondary N) is 2. The lowest BCUT2D eigenvalue weighted by Gasteiger charge is -2.16. The van der Waals surface area contributed by atoms with Crippen molar-refractivity contribution in [3.63, 3.8) is 0 Å². The molecule has 142 valence electrons. The minimum atomic E-state index is -0.617. The zero-order valence-electron chi connectivity index (χ0n) is 15.5. The van der Waals surface area contributed by atoms with Crippen LogP contribution in [0, 0.1) is 6.92 Å². The number of methoxy groups -OCH3 is 1. The monoisotopic (exact) mass is 469 g/mol. The van der Waals surface area contributed by atoms with Crippen molar-refractivity contribution >= 4 is 29.9 Å². The van der Waals surface area contributed by atoms with Crippen LogP contribution in [0.3, 0.4) is 0 Å². The molecular formula is C20H28IN3O2. The summed E-state index contributed by atoms with van der Waals surface area (Å²) in [4.78, 5) is 4.58. The Kier molecular flexibility index (Phi) is 10.0. The molecule has 0 aliphatic carbocycles. The topological polar surface area (TPSA) is 65.9 Å². The molecular weight excluding hydrogens is 441 g/mol. The summed E-state index contributed by atoms with van der Waals surface area (Å²) in [7, 11) is 1.63. The Balaban J connectivity index is 0.00000338. The van der Waals surface area contributed by atoms with Gasteiger partial charge < -0.3 is 20.5 Å². The second-order valence-corrected chi connectivity index (χ2v) is 5.85. The molecule has 0 radical (unpaired) electrons. The van der Waals surface area contributed by atoms with Gasteiger partial charge in [-0.15, -0.1) is 24.0 Å². The third-order valence-electron chi connectivity index (χ3n) is 3.81. The summed E-state index contributed by atoms with van der Waals surface area (Å²) in [6.45, 7) is 5.82. The first-order valence-corrected chi connectivity index (χ1v) is 8.52. The smallest absolute Gasteiger partial charge is 0.191 e. The van der Waals surface area contributed by atoms with Gasteiger partial charge in [0.1, 0.15) is 5.75 Å². The van der Waals surface area contributed by atoms with Gasteiger partial charge in [0.2, 0.25) is 0 Å². The van der Waals surface area contributed by atoms with Gasteiger partial charge in [0.05, 0.1) is 19.8 Å². The Bertz CT molecular complexity index is 690. The number of aliphatic hydroxyl groups excluding tert-OH is 1. The van der Waals surface area contributed by atoms with Crippen LogP contribution in [0.15, 0.2) is 53.5 Å². The number of aliphatic hydroxyl groups is 1. The molecule has 0 heterocycles. The van der Waals surface area contributed by atoms with Crippen LogP contribution in [0.2, 0.25) is 0 Å². The highest BCUT2D eigenvalue weighted by Gasteiger charge is 2.08. The first-order chi connectivity index (χ1) is 12.1. The summed E-state index contributed by atoms with van der Waals surface area (Å²) >= 11 is 0. The van der Waals surface area contributed by atoms with Crippen molar-refractivity contribution in [3.05, 3.63) is 65.2 Å². The van der Waals surface area contributed by atoms with E-state index in [1.807, 2.05) is 37.3 Å². The van der Waals surface area contributed by atoms with E-state index in [-0.39, 0.29) is 24.0 Å². The van der Waals surface area contributed by atoms with Crippen LogP contribution in [0.4, 0.5) is 0 Å². The summed E-state index contributed by atoms with van der Waals surface area (Å²) in [5, 5.41) is 16.7. The van der Waals surface area contributed by atoms with Crippen molar-refractivity contribution in [3.8, 4) is 5.75 Å². The van der Waals surface area contributed by atoms with Crippen LogP contribution in [0.1, 0.15) is 29.7 Å². The average Bonchev–Trinajstić information content (AvgIpc) is 2.64. The van der Waals surface area contributed by atoms with Gasteiger partial charge >= 0.3 is 0 Å². The van der Waals surface area contributed by atoms with E-state index in [2.05, 4.69) is 40.7 Å². The Hall–Kier alpha value is -1.80. The van der Waals surface area contributed by atoms with Gasteiger partial charge in [-0.05, 0) is 37.1 Å². The minimum Gasteiger partial charge on any atom is -0.497 e. The van der Waals surface area contributed by atoms with Crippen molar-refractivity contribution in [2.45, 2.75) is 26.5 Å². The van der Waals surface area contributed by atoms with Gasteiger partial charge in [-0.25, -0.2) is 4.99 Å².